The van der Waals surface area contributed by atoms with Crippen LogP contribution in [-0.4, -0.2) is 97.1 Å². The van der Waals surface area contributed by atoms with E-state index >= 15 is 0 Å². The predicted octanol–water partition coefficient (Wildman–Crippen LogP) is 2.85. The highest BCUT2D eigenvalue weighted by Crippen LogP contribution is 2.33. The fourth-order valence-electron chi connectivity index (χ4n) is 5.60. The minimum absolute atomic E-state index is 0.708. The van der Waals surface area contributed by atoms with Gasteiger partial charge in [0.2, 0.25) is 0 Å². The van der Waals surface area contributed by atoms with Gasteiger partial charge in [0.05, 0.1) is 6.54 Å². The monoisotopic (exact) mass is 388 g/mol. The second-order valence-electron chi connectivity index (χ2n) is 9.92. The van der Waals surface area contributed by atoms with E-state index in [-0.39, 0.29) is 0 Å². The first-order chi connectivity index (χ1) is 13.5. The van der Waals surface area contributed by atoms with Gasteiger partial charge in [0, 0.05) is 71.0 Å². The maximum Gasteiger partial charge on any atom is 0.0599 e. The second kappa shape index (κ2) is 11.0. The molecule has 0 aromatic rings. The Labute approximate surface area is 174 Å². The molecule has 0 N–H and O–H groups in total. The summed E-state index contributed by atoms with van der Waals surface area (Å²) in [6.07, 6.45) is 12.7. The van der Waals surface area contributed by atoms with Crippen LogP contribution in [0.5, 0.6) is 0 Å². The second-order valence-corrected chi connectivity index (χ2v) is 9.92. The molecule has 2 aliphatic heterocycles. The topological polar surface area (TPSA) is 13.0 Å². The third-order valence-corrected chi connectivity index (χ3v) is 7.64. The Hall–Kier alpha value is -0.600. The van der Waals surface area contributed by atoms with Crippen LogP contribution in [0.2, 0.25) is 0 Å². The van der Waals surface area contributed by atoms with Crippen molar-refractivity contribution in [2.24, 2.45) is 11.8 Å². The molecule has 1 saturated carbocycles. The fraction of sp³-hybridized carbons (Fsp3) is 0.917. The normalized spacial score (nSPS) is 30.4. The number of piperazine rings is 2. The van der Waals surface area contributed by atoms with E-state index in [1.165, 1.54) is 77.9 Å². The lowest BCUT2D eigenvalue weighted by Crippen LogP contribution is -2.50. The molecular weight excluding hydrogens is 344 g/mol. The first-order valence-electron chi connectivity index (χ1n) is 11.9. The van der Waals surface area contributed by atoms with Crippen LogP contribution in [0, 0.1) is 24.2 Å². The molecule has 0 bridgehead atoms. The van der Waals surface area contributed by atoms with Crippen LogP contribution >= 0.6 is 0 Å². The third kappa shape index (κ3) is 6.46. The van der Waals surface area contributed by atoms with Crippen LogP contribution in [0.4, 0.5) is 0 Å². The molecule has 4 heteroatoms. The van der Waals surface area contributed by atoms with Crippen LogP contribution in [0.1, 0.15) is 52.9 Å². The molecule has 3 rings (SSSR count). The molecule has 2 saturated heterocycles. The molecule has 0 amide bonds. The van der Waals surface area contributed by atoms with Crippen molar-refractivity contribution in [1.82, 2.24) is 19.6 Å². The first-order valence-corrected chi connectivity index (χ1v) is 11.9. The molecule has 0 unspecified atom stereocenters. The summed E-state index contributed by atoms with van der Waals surface area (Å²) < 4.78 is 0. The highest BCUT2D eigenvalue weighted by atomic mass is 15.3. The molecule has 2 heterocycles. The van der Waals surface area contributed by atoms with Gasteiger partial charge in [-0.05, 0) is 51.9 Å². The van der Waals surface area contributed by atoms with Gasteiger partial charge in [-0.1, -0.05) is 18.8 Å². The molecular formula is C24H44N4. The van der Waals surface area contributed by atoms with Crippen molar-refractivity contribution in [3.8, 4) is 12.3 Å². The van der Waals surface area contributed by atoms with Gasteiger partial charge in [0.25, 0.3) is 0 Å². The number of hydrogen-bond donors (Lipinski definition) is 0. The van der Waals surface area contributed by atoms with Crippen LogP contribution in [-0.2, 0) is 0 Å². The first kappa shape index (κ1) is 22.1. The summed E-state index contributed by atoms with van der Waals surface area (Å²) in [6.45, 7) is 19.0. The lowest BCUT2D eigenvalue weighted by Gasteiger charge is -2.41. The zero-order valence-corrected chi connectivity index (χ0v) is 18.8. The standard InChI is InChI=1S/C24H44N4/c1-5-10-25-11-17-28(18-12-25)22(4)19-23-6-8-24(9-7-23)20-26-13-15-27(16-14-26)21(2)3/h1,21-24H,6-20H2,2-4H3/t22-,23?,24?/m1/s1. The Morgan fingerprint density at radius 2 is 1.29 bits per heavy atom. The van der Waals surface area contributed by atoms with E-state index in [4.69, 9.17) is 6.42 Å². The van der Waals surface area contributed by atoms with Crippen LogP contribution < -0.4 is 0 Å². The van der Waals surface area contributed by atoms with E-state index in [9.17, 15) is 0 Å². The molecule has 160 valence electrons. The van der Waals surface area contributed by atoms with E-state index in [1.54, 1.807) is 0 Å². The summed E-state index contributed by atoms with van der Waals surface area (Å²) in [5, 5.41) is 0. The van der Waals surface area contributed by atoms with E-state index < -0.39 is 0 Å². The van der Waals surface area contributed by atoms with E-state index in [0.29, 0.717) is 6.04 Å². The smallest absolute Gasteiger partial charge is 0.0599 e. The Bertz CT molecular complexity index is 475. The number of nitrogens with zero attached hydrogens (tertiary/aromatic N) is 4. The molecule has 1 aliphatic carbocycles. The minimum Gasteiger partial charge on any atom is -0.301 e. The van der Waals surface area contributed by atoms with E-state index in [2.05, 4.69) is 46.3 Å². The molecule has 0 aromatic carbocycles. The van der Waals surface area contributed by atoms with Gasteiger partial charge in [-0.15, -0.1) is 6.42 Å². The largest absolute Gasteiger partial charge is 0.301 e. The highest BCUT2D eigenvalue weighted by Gasteiger charge is 2.28. The molecule has 0 aromatic heterocycles. The maximum absolute atomic E-state index is 5.46. The number of terminal acetylenes is 1. The minimum atomic E-state index is 0.708. The summed E-state index contributed by atoms with van der Waals surface area (Å²) in [7, 11) is 0. The van der Waals surface area contributed by atoms with Gasteiger partial charge in [0.15, 0.2) is 0 Å². The highest BCUT2D eigenvalue weighted by molar-refractivity contribution is 4.90. The van der Waals surface area contributed by atoms with Gasteiger partial charge in [0.1, 0.15) is 0 Å². The SMILES string of the molecule is C#CCN1CCN([C@H](C)CC2CCC(CN3CCN(C(C)C)CC3)CC2)CC1. The summed E-state index contributed by atoms with van der Waals surface area (Å²) in [6, 6.07) is 1.44. The average Bonchev–Trinajstić information content (AvgIpc) is 2.70. The van der Waals surface area contributed by atoms with Crippen molar-refractivity contribution in [3.05, 3.63) is 0 Å². The lowest BCUT2D eigenvalue weighted by molar-refractivity contribution is 0.0771. The third-order valence-electron chi connectivity index (χ3n) is 7.64. The van der Waals surface area contributed by atoms with Crippen LogP contribution in [0.25, 0.3) is 0 Å². The summed E-state index contributed by atoms with van der Waals surface area (Å²) in [4.78, 5) is 10.5. The van der Waals surface area contributed by atoms with E-state index in [0.717, 1.165) is 37.5 Å². The number of rotatable bonds is 7. The van der Waals surface area contributed by atoms with Crippen LogP contribution in [0.15, 0.2) is 0 Å². The summed E-state index contributed by atoms with van der Waals surface area (Å²) >= 11 is 0. The van der Waals surface area contributed by atoms with Gasteiger partial charge in [-0.2, -0.15) is 0 Å². The molecule has 3 fully saturated rings. The lowest BCUT2D eigenvalue weighted by atomic mass is 9.79. The molecule has 0 radical (unpaired) electrons. The average molecular weight is 389 g/mol. The van der Waals surface area contributed by atoms with Gasteiger partial charge in [-0.3, -0.25) is 14.7 Å². The molecule has 1 atom stereocenters. The van der Waals surface area contributed by atoms with E-state index in [1.807, 2.05) is 0 Å². The van der Waals surface area contributed by atoms with Crippen LogP contribution in [0.3, 0.4) is 0 Å². The molecule has 3 aliphatic rings. The maximum atomic E-state index is 5.46. The molecule has 0 spiro atoms. The quantitative estimate of drug-likeness (QED) is 0.622. The molecule has 4 nitrogen and oxygen atoms in total. The zero-order chi connectivity index (χ0) is 19.9. The summed E-state index contributed by atoms with van der Waals surface area (Å²) in [5.41, 5.74) is 0. The van der Waals surface area contributed by atoms with Gasteiger partial charge < -0.3 is 4.90 Å². The van der Waals surface area contributed by atoms with Crippen molar-refractivity contribution >= 4 is 0 Å². The number of hydrogen-bond acceptors (Lipinski definition) is 4. The molecule has 28 heavy (non-hydrogen) atoms. The van der Waals surface area contributed by atoms with Gasteiger partial charge in [-0.25, -0.2) is 0 Å². The van der Waals surface area contributed by atoms with Crippen molar-refractivity contribution in [2.75, 3.05) is 65.4 Å². The summed E-state index contributed by atoms with van der Waals surface area (Å²) in [5.74, 6) is 4.69. The van der Waals surface area contributed by atoms with Crippen molar-refractivity contribution in [1.29, 1.82) is 0 Å². The Morgan fingerprint density at radius 3 is 1.86 bits per heavy atom. The Balaban J connectivity index is 1.31. The van der Waals surface area contributed by atoms with Crippen molar-refractivity contribution in [3.63, 3.8) is 0 Å². The van der Waals surface area contributed by atoms with Crippen molar-refractivity contribution < 1.29 is 0 Å². The fourth-order valence-corrected chi connectivity index (χ4v) is 5.60. The van der Waals surface area contributed by atoms with Crippen molar-refractivity contribution in [2.45, 2.75) is 65.0 Å². The Morgan fingerprint density at radius 1 is 0.750 bits per heavy atom. The Kier molecular flexibility index (Phi) is 8.66. The zero-order valence-electron chi connectivity index (χ0n) is 18.8. The predicted molar refractivity (Wildman–Crippen MR) is 120 cm³/mol. The van der Waals surface area contributed by atoms with Gasteiger partial charge >= 0.3 is 0 Å².